The molecule has 0 saturated heterocycles. The van der Waals surface area contributed by atoms with Gasteiger partial charge in [-0.3, -0.25) is 9.89 Å². The van der Waals surface area contributed by atoms with E-state index in [-0.39, 0.29) is 16.8 Å². The largest absolute Gasteiger partial charge is 0.478 e. The number of hydrogen-bond acceptors (Lipinski definition) is 4. The molecule has 1 heterocycles. The van der Waals surface area contributed by atoms with Crippen molar-refractivity contribution in [3.8, 4) is 0 Å². The van der Waals surface area contributed by atoms with Gasteiger partial charge in [-0.25, -0.2) is 9.78 Å². The smallest absolute Gasteiger partial charge is 0.335 e. The van der Waals surface area contributed by atoms with Crippen molar-refractivity contribution in [1.29, 1.82) is 0 Å². The van der Waals surface area contributed by atoms with Crippen LogP contribution in [0.4, 0.5) is 5.69 Å². The summed E-state index contributed by atoms with van der Waals surface area (Å²) >= 11 is 0. The van der Waals surface area contributed by atoms with Crippen LogP contribution in [0.2, 0.25) is 0 Å². The normalized spacial score (nSPS) is 11.2. The van der Waals surface area contributed by atoms with Gasteiger partial charge in [0.15, 0.2) is 0 Å². The fourth-order valence-electron chi connectivity index (χ4n) is 1.62. The van der Waals surface area contributed by atoms with E-state index in [0.29, 0.717) is 11.5 Å². The van der Waals surface area contributed by atoms with Crippen molar-refractivity contribution in [3.05, 3.63) is 41.5 Å². The maximum atomic E-state index is 12.0. The number of carbonyl (C=O) groups excluding carboxylic acids is 1. The van der Waals surface area contributed by atoms with E-state index in [4.69, 9.17) is 5.11 Å². The molecule has 1 aromatic heterocycles. The number of nitrogens with zero attached hydrogens (tertiary/aromatic N) is 2. The van der Waals surface area contributed by atoms with Crippen molar-refractivity contribution in [2.24, 2.45) is 0 Å². The second-order valence-corrected chi connectivity index (χ2v) is 5.60. The lowest BCUT2D eigenvalue weighted by atomic mass is 9.96. The van der Waals surface area contributed by atoms with Crippen LogP contribution in [0.15, 0.2) is 24.3 Å². The Kier molecular flexibility index (Phi) is 3.75. The van der Waals surface area contributed by atoms with Gasteiger partial charge in [0.1, 0.15) is 5.82 Å². The fraction of sp³-hybridized carbons (Fsp3) is 0.286. The molecule has 2 rings (SSSR count). The number of amides is 1. The number of H-pyrrole nitrogens is 1. The summed E-state index contributed by atoms with van der Waals surface area (Å²) in [5, 5.41) is 18.1. The molecule has 0 aliphatic rings. The lowest BCUT2D eigenvalue weighted by molar-refractivity contribution is 0.0696. The quantitative estimate of drug-likeness (QED) is 0.801. The number of carboxylic acids is 1. The maximum Gasteiger partial charge on any atom is 0.335 e. The predicted octanol–water partition coefficient (Wildman–Crippen LogP) is 2.05. The molecule has 7 nitrogen and oxygen atoms in total. The molecule has 3 N–H and O–H groups in total. The fourth-order valence-corrected chi connectivity index (χ4v) is 1.62. The summed E-state index contributed by atoms with van der Waals surface area (Å²) in [6.07, 6.45) is 0. The molecular weight excluding hydrogens is 272 g/mol. The number of carbonyl (C=O) groups is 2. The number of aromatic amines is 1. The molecule has 0 bridgehead atoms. The predicted molar refractivity (Wildman–Crippen MR) is 76.4 cm³/mol. The van der Waals surface area contributed by atoms with Gasteiger partial charge in [0, 0.05) is 11.1 Å². The van der Waals surface area contributed by atoms with Crippen molar-refractivity contribution in [1.82, 2.24) is 15.2 Å². The van der Waals surface area contributed by atoms with Crippen molar-refractivity contribution in [2.75, 3.05) is 5.32 Å². The van der Waals surface area contributed by atoms with Crippen molar-refractivity contribution in [2.45, 2.75) is 26.2 Å². The van der Waals surface area contributed by atoms with Gasteiger partial charge in [-0.2, -0.15) is 0 Å². The van der Waals surface area contributed by atoms with E-state index in [1.807, 2.05) is 20.8 Å². The first kappa shape index (κ1) is 14.7. The SMILES string of the molecule is CC(C)(C)c1nc(C(=O)Nc2cccc(C(=O)O)c2)n[nH]1. The van der Waals surface area contributed by atoms with Crippen molar-refractivity contribution < 1.29 is 14.7 Å². The Bertz CT molecular complexity index is 686. The third-order valence-electron chi connectivity index (χ3n) is 2.77. The minimum Gasteiger partial charge on any atom is -0.478 e. The molecule has 2 aromatic rings. The van der Waals surface area contributed by atoms with Gasteiger partial charge >= 0.3 is 5.97 Å². The summed E-state index contributed by atoms with van der Waals surface area (Å²) in [7, 11) is 0. The summed E-state index contributed by atoms with van der Waals surface area (Å²) in [6, 6.07) is 5.97. The van der Waals surface area contributed by atoms with Gasteiger partial charge in [-0.05, 0) is 18.2 Å². The Labute approximate surface area is 121 Å². The monoisotopic (exact) mass is 288 g/mol. The van der Waals surface area contributed by atoms with Gasteiger partial charge in [0.05, 0.1) is 5.56 Å². The van der Waals surface area contributed by atoms with Gasteiger partial charge in [-0.1, -0.05) is 26.8 Å². The summed E-state index contributed by atoms with van der Waals surface area (Å²) in [6.45, 7) is 5.85. The number of hydrogen-bond donors (Lipinski definition) is 3. The summed E-state index contributed by atoms with van der Waals surface area (Å²) in [4.78, 5) is 27.1. The first-order chi connectivity index (χ1) is 9.77. The summed E-state index contributed by atoms with van der Waals surface area (Å²) in [5.74, 6) is -0.934. The molecule has 0 unspecified atom stereocenters. The number of carboxylic acid groups (broad SMARTS) is 1. The lowest BCUT2D eigenvalue weighted by Crippen LogP contribution is -2.16. The Balaban J connectivity index is 2.16. The van der Waals surface area contributed by atoms with Crippen molar-refractivity contribution >= 4 is 17.6 Å². The maximum absolute atomic E-state index is 12.0. The van der Waals surface area contributed by atoms with Crippen LogP contribution >= 0.6 is 0 Å². The number of rotatable bonds is 3. The Hall–Kier alpha value is -2.70. The third-order valence-corrected chi connectivity index (χ3v) is 2.77. The molecule has 110 valence electrons. The molecule has 1 aromatic carbocycles. The first-order valence-corrected chi connectivity index (χ1v) is 6.35. The molecule has 7 heteroatoms. The van der Waals surface area contributed by atoms with E-state index < -0.39 is 11.9 Å². The lowest BCUT2D eigenvalue weighted by Gasteiger charge is -2.12. The molecule has 0 spiro atoms. The van der Waals surface area contributed by atoms with E-state index in [0.717, 1.165) is 0 Å². The molecule has 0 saturated carbocycles. The molecule has 21 heavy (non-hydrogen) atoms. The highest BCUT2D eigenvalue weighted by Gasteiger charge is 2.21. The van der Waals surface area contributed by atoms with Crippen LogP contribution in [0, 0.1) is 0 Å². The van der Waals surface area contributed by atoms with Gasteiger partial charge in [0.25, 0.3) is 5.91 Å². The molecular formula is C14H16N4O3. The van der Waals surface area contributed by atoms with E-state index in [9.17, 15) is 9.59 Å². The minimum atomic E-state index is -1.06. The average molecular weight is 288 g/mol. The standard InChI is InChI=1S/C14H16N4O3/c1-14(2,3)13-16-10(17-18-13)11(19)15-9-6-4-5-8(7-9)12(20)21/h4-7H,1-3H3,(H,15,19)(H,20,21)(H,16,17,18). The number of nitrogens with one attached hydrogen (secondary N) is 2. The molecule has 0 radical (unpaired) electrons. The topological polar surface area (TPSA) is 108 Å². The van der Waals surface area contributed by atoms with Crippen LogP contribution in [-0.2, 0) is 5.41 Å². The van der Waals surface area contributed by atoms with Crippen LogP contribution in [-0.4, -0.2) is 32.2 Å². The highest BCUT2D eigenvalue weighted by atomic mass is 16.4. The summed E-state index contributed by atoms with van der Waals surface area (Å²) < 4.78 is 0. The van der Waals surface area contributed by atoms with Gasteiger partial charge < -0.3 is 10.4 Å². The highest BCUT2D eigenvalue weighted by molar-refractivity contribution is 6.02. The number of aromatic carboxylic acids is 1. The van der Waals surface area contributed by atoms with Gasteiger partial charge in [0.2, 0.25) is 5.82 Å². The molecule has 0 fully saturated rings. The second-order valence-electron chi connectivity index (χ2n) is 5.60. The van der Waals surface area contributed by atoms with Crippen LogP contribution in [0.3, 0.4) is 0 Å². The Morgan fingerprint density at radius 1 is 1.29 bits per heavy atom. The van der Waals surface area contributed by atoms with Gasteiger partial charge in [-0.15, -0.1) is 5.10 Å². The third kappa shape index (κ3) is 3.44. The molecule has 0 aliphatic carbocycles. The zero-order chi connectivity index (χ0) is 15.6. The summed E-state index contributed by atoms with van der Waals surface area (Å²) in [5.41, 5.74) is 0.231. The first-order valence-electron chi connectivity index (χ1n) is 6.35. The van der Waals surface area contributed by atoms with E-state index in [2.05, 4.69) is 20.5 Å². The number of anilines is 1. The number of benzene rings is 1. The molecule has 1 amide bonds. The van der Waals surface area contributed by atoms with E-state index in [1.165, 1.54) is 12.1 Å². The van der Waals surface area contributed by atoms with Crippen molar-refractivity contribution in [3.63, 3.8) is 0 Å². The molecule has 0 aliphatic heterocycles. The van der Waals surface area contributed by atoms with E-state index in [1.54, 1.807) is 12.1 Å². The minimum absolute atomic E-state index is 0.0145. The highest BCUT2D eigenvalue weighted by Crippen LogP contribution is 2.18. The molecule has 0 atom stereocenters. The van der Waals surface area contributed by atoms with Crippen LogP contribution < -0.4 is 5.32 Å². The van der Waals surface area contributed by atoms with Crippen LogP contribution in [0.1, 0.15) is 47.6 Å². The Morgan fingerprint density at radius 3 is 2.57 bits per heavy atom. The zero-order valence-electron chi connectivity index (χ0n) is 12.0. The zero-order valence-corrected chi connectivity index (χ0v) is 12.0. The Morgan fingerprint density at radius 2 is 2.00 bits per heavy atom. The average Bonchev–Trinajstić information content (AvgIpc) is 2.88. The van der Waals surface area contributed by atoms with E-state index >= 15 is 0 Å². The van der Waals surface area contributed by atoms with Crippen LogP contribution in [0.25, 0.3) is 0 Å². The second kappa shape index (κ2) is 5.35. The van der Waals surface area contributed by atoms with Crippen LogP contribution in [0.5, 0.6) is 0 Å². The number of aromatic nitrogens is 3.